The summed E-state index contributed by atoms with van der Waals surface area (Å²) in [5, 5.41) is 2.10. The fourth-order valence-electron chi connectivity index (χ4n) is 2.70. The number of hydrogen-bond acceptors (Lipinski definition) is 3. The molecule has 2 aromatic carbocycles. The molecule has 0 fully saturated rings. The van der Waals surface area contributed by atoms with Gasteiger partial charge in [0.2, 0.25) is 0 Å². The molecule has 2 nitrogen and oxygen atoms in total. The van der Waals surface area contributed by atoms with Gasteiger partial charge in [-0.25, -0.2) is 4.98 Å². The smallest absolute Gasteiger partial charge is 0.118 e. The van der Waals surface area contributed by atoms with Crippen LogP contribution in [0.25, 0.3) is 32.6 Å². The second kappa shape index (κ2) is 5.86. The van der Waals surface area contributed by atoms with E-state index in [0.717, 1.165) is 22.5 Å². The van der Waals surface area contributed by atoms with Gasteiger partial charge in [0.1, 0.15) is 5.75 Å². The summed E-state index contributed by atoms with van der Waals surface area (Å²) in [4.78, 5) is 4.81. The average molecular weight is 317 g/mol. The highest BCUT2D eigenvalue weighted by Gasteiger charge is 2.10. The molecule has 3 heteroatoms. The van der Waals surface area contributed by atoms with Crippen LogP contribution in [-0.4, -0.2) is 12.1 Å². The lowest BCUT2D eigenvalue weighted by atomic mass is 10.0. The average Bonchev–Trinajstić information content (AvgIpc) is 3.10. The Bertz CT molecular complexity index is 942. The minimum atomic E-state index is 0.869. The van der Waals surface area contributed by atoms with Crippen LogP contribution in [0.2, 0.25) is 0 Å². The maximum atomic E-state index is 5.26. The first-order valence-electron chi connectivity index (χ1n) is 7.43. The van der Waals surface area contributed by atoms with Crippen molar-refractivity contribution in [2.45, 2.75) is 0 Å². The van der Waals surface area contributed by atoms with E-state index in [2.05, 4.69) is 41.8 Å². The summed E-state index contributed by atoms with van der Waals surface area (Å²) in [5.41, 5.74) is 5.57. The van der Waals surface area contributed by atoms with Crippen LogP contribution in [0.3, 0.4) is 0 Å². The number of hydrogen-bond donors (Lipinski definition) is 0. The predicted octanol–water partition coefficient (Wildman–Crippen LogP) is 5.64. The van der Waals surface area contributed by atoms with Crippen molar-refractivity contribution in [2.24, 2.45) is 0 Å². The number of pyridine rings is 1. The summed E-state index contributed by atoms with van der Waals surface area (Å²) < 4.78 is 6.48. The van der Waals surface area contributed by atoms with Crippen LogP contribution in [0, 0.1) is 0 Å². The van der Waals surface area contributed by atoms with Gasteiger partial charge in [0, 0.05) is 11.1 Å². The highest BCUT2D eigenvalue weighted by atomic mass is 32.1. The molecule has 0 spiro atoms. The summed E-state index contributed by atoms with van der Waals surface area (Å²) in [6.07, 6.45) is 0. The molecule has 4 rings (SSSR count). The van der Waals surface area contributed by atoms with Gasteiger partial charge < -0.3 is 4.74 Å². The zero-order valence-corrected chi connectivity index (χ0v) is 13.5. The fraction of sp³-hybridized carbons (Fsp3) is 0.0500. The quantitative estimate of drug-likeness (QED) is 0.488. The van der Waals surface area contributed by atoms with Crippen LogP contribution < -0.4 is 4.74 Å². The maximum absolute atomic E-state index is 5.26. The van der Waals surface area contributed by atoms with Gasteiger partial charge in [-0.05, 0) is 35.2 Å². The predicted molar refractivity (Wildman–Crippen MR) is 97.0 cm³/mol. The van der Waals surface area contributed by atoms with Crippen molar-refractivity contribution in [3.05, 3.63) is 72.1 Å². The maximum Gasteiger partial charge on any atom is 0.118 e. The standard InChI is InChI=1S/C20H15NOS/c1-22-16-9-7-14(8-10-16)17-13-19(15-5-3-2-4-6-15)21-18-11-12-23-20(17)18/h2-13H,1H3. The van der Waals surface area contributed by atoms with Crippen LogP contribution in [0.4, 0.5) is 0 Å². The first kappa shape index (κ1) is 14.0. The van der Waals surface area contributed by atoms with Crippen molar-refractivity contribution < 1.29 is 4.74 Å². The van der Waals surface area contributed by atoms with E-state index >= 15 is 0 Å². The summed E-state index contributed by atoms with van der Waals surface area (Å²) in [7, 11) is 1.69. The summed E-state index contributed by atoms with van der Waals surface area (Å²) in [5.74, 6) is 0.869. The lowest BCUT2D eigenvalue weighted by Crippen LogP contribution is -1.88. The first-order valence-corrected chi connectivity index (χ1v) is 8.31. The molecule has 0 amide bonds. The molecule has 2 heterocycles. The largest absolute Gasteiger partial charge is 0.497 e. The number of fused-ring (bicyclic) bond motifs is 1. The Balaban J connectivity index is 1.92. The minimum Gasteiger partial charge on any atom is -0.497 e. The normalized spacial score (nSPS) is 10.8. The molecule has 0 saturated carbocycles. The highest BCUT2D eigenvalue weighted by molar-refractivity contribution is 7.17. The second-order valence-electron chi connectivity index (χ2n) is 5.28. The van der Waals surface area contributed by atoms with E-state index < -0.39 is 0 Å². The van der Waals surface area contributed by atoms with Crippen molar-refractivity contribution in [1.29, 1.82) is 0 Å². The third-order valence-electron chi connectivity index (χ3n) is 3.88. The summed E-state index contributed by atoms with van der Waals surface area (Å²) >= 11 is 1.73. The van der Waals surface area contributed by atoms with Crippen LogP contribution >= 0.6 is 11.3 Å². The highest BCUT2D eigenvalue weighted by Crippen LogP contribution is 2.35. The number of ether oxygens (including phenoxy) is 1. The molecule has 0 radical (unpaired) electrons. The van der Waals surface area contributed by atoms with Gasteiger partial charge in [-0.3, -0.25) is 0 Å². The monoisotopic (exact) mass is 317 g/mol. The number of methoxy groups -OCH3 is 1. The van der Waals surface area contributed by atoms with Crippen molar-refractivity contribution >= 4 is 21.6 Å². The SMILES string of the molecule is COc1ccc(-c2cc(-c3ccccc3)nc3ccsc23)cc1. The molecule has 0 N–H and O–H groups in total. The zero-order valence-electron chi connectivity index (χ0n) is 12.7. The van der Waals surface area contributed by atoms with Gasteiger partial charge in [-0.2, -0.15) is 0 Å². The Morgan fingerprint density at radius 3 is 2.39 bits per heavy atom. The second-order valence-corrected chi connectivity index (χ2v) is 6.20. The van der Waals surface area contributed by atoms with Crippen LogP contribution in [-0.2, 0) is 0 Å². The van der Waals surface area contributed by atoms with Gasteiger partial charge in [0.25, 0.3) is 0 Å². The van der Waals surface area contributed by atoms with E-state index in [9.17, 15) is 0 Å². The summed E-state index contributed by atoms with van der Waals surface area (Å²) in [6.45, 7) is 0. The fourth-order valence-corrected chi connectivity index (χ4v) is 3.57. The number of aromatic nitrogens is 1. The Hall–Kier alpha value is -2.65. The molecule has 4 aromatic rings. The van der Waals surface area contributed by atoms with Crippen molar-refractivity contribution in [3.63, 3.8) is 0 Å². The van der Waals surface area contributed by atoms with Gasteiger partial charge in [0.15, 0.2) is 0 Å². The zero-order chi connectivity index (χ0) is 15.6. The Morgan fingerprint density at radius 1 is 0.870 bits per heavy atom. The molecule has 0 saturated heterocycles. The summed E-state index contributed by atoms with van der Waals surface area (Å²) in [6, 6.07) is 22.8. The van der Waals surface area contributed by atoms with E-state index in [1.54, 1.807) is 18.4 Å². The molecule has 112 valence electrons. The minimum absolute atomic E-state index is 0.869. The third-order valence-corrected chi connectivity index (χ3v) is 4.82. The van der Waals surface area contributed by atoms with Gasteiger partial charge in [-0.1, -0.05) is 42.5 Å². The van der Waals surface area contributed by atoms with E-state index in [1.807, 2.05) is 30.3 Å². The van der Waals surface area contributed by atoms with Gasteiger partial charge >= 0.3 is 0 Å². The lowest BCUT2D eigenvalue weighted by molar-refractivity contribution is 0.415. The Labute approximate surface area is 139 Å². The molecule has 0 atom stereocenters. The van der Waals surface area contributed by atoms with Crippen molar-refractivity contribution in [3.8, 4) is 28.1 Å². The number of thiophene rings is 1. The molecular formula is C20H15NOS. The molecule has 0 unspecified atom stereocenters. The first-order chi connectivity index (χ1) is 11.3. The molecule has 0 bridgehead atoms. The van der Waals surface area contributed by atoms with E-state index in [4.69, 9.17) is 9.72 Å². The van der Waals surface area contributed by atoms with Crippen molar-refractivity contribution in [1.82, 2.24) is 4.98 Å². The number of benzene rings is 2. The topological polar surface area (TPSA) is 22.1 Å². The molecular weight excluding hydrogens is 302 g/mol. The van der Waals surface area contributed by atoms with Gasteiger partial charge in [0.05, 0.1) is 23.0 Å². The molecule has 2 aromatic heterocycles. The van der Waals surface area contributed by atoms with Crippen LogP contribution in [0.1, 0.15) is 0 Å². The van der Waals surface area contributed by atoms with Crippen LogP contribution in [0.5, 0.6) is 5.75 Å². The lowest BCUT2D eigenvalue weighted by Gasteiger charge is -2.08. The third kappa shape index (κ3) is 2.60. The van der Waals surface area contributed by atoms with Gasteiger partial charge in [-0.15, -0.1) is 11.3 Å². The molecule has 0 aliphatic rings. The number of rotatable bonds is 3. The molecule has 0 aliphatic heterocycles. The van der Waals surface area contributed by atoms with E-state index in [0.29, 0.717) is 0 Å². The Morgan fingerprint density at radius 2 is 1.65 bits per heavy atom. The molecule has 23 heavy (non-hydrogen) atoms. The van der Waals surface area contributed by atoms with Crippen molar-refractivity contribution in [2.75, 3.05) is 7.11 Å². The van der Waals surface area contributed by atoms with Crippen LogP contribution in [0.15, 0.2) is 72.1 Å². The van der Waals surface area contributed by atoms with E-state index in [-0.39, 0.29) is 0 Å². The molecule has 0 aliphatic carbocycles. The Kier molecular flexibility index (Phi) is 3.56. The van der Waals surface area contributed by atoms with E-state index in [1.165, 1.54) is 15.8 Å². The number of nitrogens with zero attached hydrogens (tertiary/aromatic N) is 1.